The van der Waals surface area contributed by atoms with Crippen LogP contribution in [0, 0.1) is 20.8 Å². The van der Waals surface area contributed by atoms with Crippen molar-refractivity contribution >= 4 is 23.1 Å². The fraction of sp³-hybridized carbons (Fsp3) is 0.412. The molecule has 0 bridgehead atoms. The van der Waals surface area contributed by atoms with Gasteiger partial charge in [-0.15, -0.1) is 10.2 Å². The van der Waals surface area contributed by atoms with Crippen LogP contribution in [0.25, 0.3) is 11.4 Å². The average molecular weight is 364 g/mol. The summed E-state index contributed by atoms with van der Waals surface area (Å²) in [6.45, 7) is 7.73. The van der Waals surface area contributed by atoms with E-state index in [0.29, 0.717) is 11.8 Å². The van der Waals surface area contributed by atoms with Crippen molar-refractivity contribution in [2.75, 3.05) is 29.9 Å². The molecule has 0 aromatic carbocycles. The Bertz CT molecular complexity index is 1150. The third-order valence-electron chi connectivity index (χ3n) is 5.40. The maximum atomic E-state index is 4.53. The van der Waals surface area contributed by atoms with Crippen LogP contribution in [-0.2, 0) is 0 Å². The summed E-state index contributed by atoms with van der Waals surface area (Å²) < 4.78 is 3.78. The van der Waals surface area contributed by atoms with Crippen LogP contribution in [0.1, 0.15) is 17.1 Å². The van der Waals surface area contributed by atoms with E-state index >= 15 is 0 Å². The minimum Gasteiger partial charge on any atom is -0.353 e. The minimum atomic E-state index is 0.337. The lowest BCUT2D eigenvalue weighted by Gasteiger charge is -2.45. The summed E-state index contributed by atoms with van der Waals surface area (Å²) in [5, 5.41) is 12.8. The van der Waals surface area contributed by atoms with Crippen molar-refractivity contribution in [3.05, 3.63) is 35.8 Å². The number of aromatic nitrogens is 8. The summed E-state index contributed by atoms with van der Waals surface area (Å²) >= 11 is 0. The molecule has 5 rings (SSSR count). The number of aryl methyl sites for hydroxylation is 2. The minimum absolute atomic E-state index is 0.337. The largest absolute Gasteiger partial charge is 0.353 e. The molecular formula is C17H20N10. The zero-order valence-corrected chi connectivity index (χ0v) is 15.7. The van der Waals surface area contributed by atoms with E-state index in [1.165, 1.54) is 0 Å². The summed E-state index contributed by atoms with van der Waals surface area (Å²) in [6, 6.07) is 0.337. The van der Waals surface area contributed by atoms with E-state index in [0.717, 1.165) is 47.5 Å². The van der Waals surface area contributed by atoms with E-state index in [9.17, 15) is 0 Å². The molecule has 10 nitrogen and oxygen atoms in total. The molecule has 0 amide bonds. The van der Waals surface area contributed by atoms with Crippen LogP contribution in [0.3, 0.4) is 0 Å². The first kappa shape index (κ1) is 15.9. The smallest absolute Gasteiger partial charge is 0.254 e. The first-order valence-electron chi connectivity index (χ1n) is 8.85. The van der Waals surface area contributed by atoms with Gasteiger partial charge in [0.2, 0.25) is 5.65 Å². The zero-order chi connectivity index (χ0) is 18.7. The molecular weight excluding hydrogens is 344 g/mol. The van der Waals surface area contributed by atoms with Gasteiger partial charge in [0, 0.05) is 43.8 Å². The number of likely N-dealkylation sites (N-methyl/N-ethyl adjacent to an activating group) is 1. The first-order chi connectivity index (χ1) is 13.0. The maximum Gasteiger partial charge on any atom is 0.254 e. The Kier molecular flexibility index (Phi) is 3.30. The third-order valence-corrected chi connectivity index (χ3v) is 5.40. The van der Waals surface area contributed by atoms with Crippen molar-refractivity contribution in [1.82, 2.24) is 39.2 Å². The van der Waals surface area contributed by atoms with Gasteiger partial charge in [0.25, 0.3) is 5.78 Å². The molecule has 1 aliphatic rings. The van der Waals surface area contributed by atoms with Gasteiger partial charge in [0.15, 0.2) is 5.82 Å². The number of fused-ring (bicyclic) bond motifs is 2. The van der Waals surface area contributed by atoms with Gasteiger partial charge in [-0.3, -0.25) is 4.40 Å². The van der Waals surface area contributed by atoms with Crippen molar-refractivity contribution < 1.29 is 0 Å². The van der Waals surface area contributed by atoms with Crippen molar-refractivity contribution in [3.8, 4) is 0 Å². The molecule has 27 heavy (non-hydrogen) atoms. The Morgan fingerprint density at radius 3 is 2.74 bits per heavy atom. The summed E-state index contributed by atoms with van der Waals surface area (Å²) in [5.41, 5.74) is 2.88. The Hall–Kier alpha value is -3.30. The highest BCUT2D eigenvalue weighted by Crippen LogP contribution is 2.29. The van der Waals surface area contributed by atoms with Crippen molar-refractivity contribution in [3.63, 3.8) is 0 Å². The normalized spacial score (nSPS) is 14.9. The standard InChI is InChI=1S/C17H20N10/c1-10-11(2)21-17-19-9-20-27(17)16(10)24(4)13-7-25(8-13)14-15-23-22-12(3)26(15)6-5-18-14/h5-6,9,13H,7-8H2,1-4H3. The van der Waals surface area contributed by atoms with Crippen molar-refractivity contribution in [1.29, 1.82) is 0 Å². The predicted octanol–water partition coefficient (Wildman–Crippen LogP) is 0.812. The summed E-state index contributed by atoms with van der Waals surface area (Å²) in [6.07, 6.45) is 5.23. The van der Waals surface area contributed by atoms with Crippen LogP contribution in [0.4, 0.5) is 11.6 Å². The Labute approximate surface area is 155 Å². The van der Waals surface area contributed by atoms with E-state index in [-0.39, 0.29) is 0 Å². The van der Waals surface area contributed by atoms with Gasteiger partial charge in [-0.25, -0.2) is 9.97 Å². The van der Waals surface area contributed by atoms with Crippen molar-refractivity contribution in [2.45, 2.75) is 26.8 Å². The van der Waals surface area contributed by atoms with Gasteiger partial charge in [-0.1, -0.05) is 0 Å². The first-order valence-corrected chi connectivity index (χ1v) is 8.85. The number of rotatable bonds is 3. The Morgan fingerprint density at radius 2 is 1.93 bits per heavy atom. The van der Waals surface area contributed by atoms with E-state index < -0.39 is 0 Å². The van der Waals surface area contributed by atoms with Crippen LogP contribution in [0.5, 0.6) is 0 Å². The monoisotopic (exact) mass is 364 g/mol. The third kappa shape index (κ3) is 2.25. The molecule has 0 unspecified atom stereocenters. The van der Waals surface area contributed by atoms with Gasteiger partial charge in [-0.2, -0.15) is 14.6 Å². The lowest BCUT2D eigenvalue weighted by molar-refractivity contribution is 0.486. The molecule has 4 aromatic heterocycles. The van der Waals surface area contributed by atoms with Crippen LogP contribution in [0.15, 0.2) is 18.7 Å². The van der Waals surface area contributed by atoms with Gasteiger partial charge in [0.05, 0.1) is 6.04 Å². The number of hydrogen-bond acceptors (Lipinski definition) is 8. The molecule has 0 saturated carbocycles. The quantitative estimate of drug-likeness (QED) is 0.527. The van der Waals surface area contributed by atoms with Gasteiger partial charge in [0.1, 0.15) is 18.0 Å². The molecule has 0 N–H and O–H groups in total. The van der Waals surface area contributed by atoms with Crippen LogP contribution < -0.4 is 9.80 Å². The fourth-order valence-corrected chi connectivity index (χ4v) is 3.63. The van der Waals surface area contributed by atoms with E-state index in [1.54, 1.807) is 12.5 Å². The summed E-state index contributed by atoms with van der Waals surface area (Å²) in [4.78, 5) is 17.8. The topological polar surface area (TPSA) is 92.6 Å². The molecule has 10 heteroatoms. The summed E-state index contributed by atoms with van der Waals surface area (Å²) in [5.74, 6) is 3.39. The van der Waals surface area contributed by atoms with E-state index in [2.05, 4.69) is 54.0 Å². The Morgan fingerprint density at radius 1 is 1.11 bits per heavy atom. The molecule has 1 fully saturated rings. The summed E-state index contributed by atoms with van der Waals surface area (Å²) in [7, 11) is 2.10. The van der Waals surface area contributed by atoms with Crippen LogP contribution in [0.2, 0.25) is 0 Å². The van der Waals surface area contributed by atoms with Crippen molar-refractivity contribution in [2.24, 2.45) is 0 Å². The van der Waals surface area contributed by atoms with Crippen LogP contribution >= 0.6 is 0 Å². The van der Waals surface area contributed by atoms with Crippen LogP contribution in [-0.4, -0.2) is 65.3 Å². The van der Waals surface area contributed by atoms with Gasteiger partial charge < -0.3 is 9.80 Å². The Balaban J connectivity index is 1.44. The molecule has 0 spiro atoms. The average Bonchev–Trinajstić information content (AvgIpc) is 3.22. The highest BCUT2D eigenvalue weighted by Gasteiger charge is 2.34. The molecule has 5 heterocycles. The van der Waals surface area contributed by atoms with Gasteiger partial charge >= 0.3 is 0 Å². The highest BCUT2D eigenvalue weighted by atomic mass is 15.4. The second-order valence-electron chi connectivity index (χ2n) is 6.98. The molecule has 4 aromatic rings. The molecule has 0 radical (unpaired) electrons. The fourth-order valence-electron chi connectivity index (χ4n) is 3.63. The second kappa shape index (κ2) is 5.60. The predicted molar refractivity (Wildman–Crippen MR) is 100 cm³/mol. The molecule has 1 aliphatic heterocycles. The SMILES string of the molecule is Cc1nc2ncnn2c(N(C)C2CN(c3nccn4c(C)nnc34)C2)c1C. The second-order valence-corrected chi connectivity index (χ2v) is 6.98. The molecule has 1 saturated heterocycles. The maximum absolute atomic E-state index is 4.53. The molecule has 0 aliphatic carbocycles. The lowest BCUT2D eigenvalue weighted by atomic mass is 10.1. The molecule has 0 atom stereocenters. The van der Waals surface area contributed by atoms with E-state index in [1.807, 2.05) is 29.0 Å². The number of nitrogens with zero attached hydrogens (tertiary/aromatic N) is 10. The zero-order valence-electron chi connectivity index (χ0n) is 15.7. The van der Waals surface area contributed by atoms with Gasteiger partial charge in [-0.05, 0) is 20.8 Å². The highest BCUT2D eigenvalue weighted by molar-refractivity contribution is 5.66. The van der Waals surface area contributed by atoms with E-state index in [4.69, 9.17) is 0 Å². The number of anilines is 2. The lowest BCUT2D eigenvalue weighted by Crippen LogP contribution is -2.59. The number of hydrogen-bond donors (Lipinski definition) is 0. The molecule has 138 valence electrons.